The van der Waals surface area contributed by atoms with Crippen molar-refractivity contribution < 1.29 is 18.0 Å². The fourth-order valence-electron chi connectivity index (χ4n) is 2.24. The van der Waals surface area contributed by atoms with Crippen molar-refractivity contribution in [3.05, 3.63) is 41.4 Å². The van der Waals surface area contributed by atoms with Crippen LogP contribution in [0.1, 0.15) is 10.4 Å². The Morgan fingerprint density at radius 3 is 2.77 bits per heavy atom. The quantitative estimate of drug-likeness (QED) is 0.824. The normalized spacial score (nSPS) is 20.4. The smallest absolute Gasteiger partial charge is 0.252 e. The predicted molar refractivity (Wildman–Crippen MR) is 80.3 cm³/mol. The van der Waals surface area contributed by atoms with Gasteiger partial charge in [0.15, 0.2) is 17.0 Å². The van der Waals surface area contributed by atoms with Gasteiger partial charge in [-0.1, -0.05) is 12.1 Å². The van der Waals surface area contributed by atoms with Crippen molar-refractivity contribution in [2.45, 2.75) is 10.9 Å². The van der Waals surface area contributed by atoms with E-state index in [1.165, 1.54) is 42.8 Å². The van der Waals surface area contributed by atoms with Crippen molar-refractivity contribution >= 4 is 38.2 Å². The molecule has 0 saturated heterocycles. The van der Waals surface area contributed by atoms with E-state index < -0.39 is 27.8 Å². The molecule has 7 nitrogen and oxygen atoms in total. The Morgan fingerprint density at radius 1 is 1.36 bits per heavy atom. The summed E-state index contributed by atoms with van der Waals surface area (Å²) in [6, 6.07) is 4.42. The number of sulfonamides is 1. The lowest BCUT2D eigenvalue weighted by molar-refractivity contribution is -0.118. The summed E-state index contributed by atoms with van der Waals surface area (Å²) in [6.45, 7) is 0. The number of nitrogens with one attached hydrogen (secondary N) is 1. The van der Waals surface area contributed by atoms with Crippen LogP contribution in [0.5, 0.6) is 0 Å². The first-order valence-electron chi connectivity index (χ1n) is 6.24. The molecular weight excluding hydrogens is 326 g/mol. The van der Waals surface area contributed by atoms with Crippen molar-refractivity contribution in [3.63, 3.8) is 0 Å². The molecule has 22 heavy (non-hydrogen) atoms. The van der Waals surface area contributed by atoms with Gasteiger partial charge in [0.2, 0.25) is 10.0 Å². The molecule has 0 aliphatic carbocycles. The average molecular weight is 337 g/mol. The van der Waals surface area contributed by atoms with E-state index >= 15 is 0 Å². The van der Waals surface area contributed by atoms with Crippen LogP contribution in [-0.4, -0.2) is 42.5 Å². The van der Waals surface area contributed by atoms with Crippen LogP contribution in [0.25, 0.3) is 0 Å². The maximum absolute atomic E-state index is 12.5. The van der Waals surface area contributed by atoms with Crippen LogP contribution < -0.4 is 5.32 Å². The number of thiazole rings is 1. The fourth-order valence-corrected chi connectivity index (χ4v) is 4.25. The molecule has 1 atom stereocenters. The fraction of sp³-hybridized carbons (Fsp3) is 0.154. The Morgan fingerprint density at radius 2 is 2.09 bits per heavy atom. The van der Waals surface area contributed by atoms with Gasteiger partial charge in [-0.25, -0.2) is 13.4 Å². The van der Waals surface area contributed by atoms with E-state index in [0.29, 0.717) is 5.13 Å². The zero-order valence-electron chi connectivity index (χ0n) is 11.4. The van der Waals surface area contributed by atoms with Crippen molar-refractivity contribution in [1.82, 2.24) is 9.29 Å². The summed E-state index contributed by atoms with van der Waals surface area (Å²) in [7, 11) is -2.67. The standard InChI is InChI=1S/C13H11N3O4S2/c1-16-10(12(18)15-13-14-6-7-21-13)11(17)8-4-2-3-5-9(8)22(16,19)20/h2-7,10H,1H3,(H,14,15,18). The molecular formula is C13H11N3O4S2. The number of benzene rings is 1. The van der Waals surface area contributed by atoms with E-state index in [9.17, 15) is 18.0 Å². The van der Waals surface area contributed by atoms with Crippen LogP contribution >= 0.6 is 11.3 Å². The average Bonchev–Trinajstić information content (AvgIpc) is 2.99. The Kier molecular flexibility index (Phi) is 3.55. The van der Waals surface area contributed by atoms with E-state index in [4.69, 9.17) is 0 Å². The van der Waals surface area contributed by atoms with Gasteiger partial charge in [0.05, 0.1) is 4.90 Å². The summed E-state index contributed by atoms with van der Waals surface area (Å²) >= 11 is 1.18. The molecule has 114 valence electrons. The number of hydrogen-bond acceptors (Lipinski definition) is 6. The summed E-state index contributed by atoms with van der Waals surface area (Å²) in [5, 5.41) is 4.43. The molecule has 1 aliphatic heterocycles. The molecule has 1 unspecified atom stereocenters. The van der Waals surface area contributed by atoms with Crippen molar-refractivity contribution in [1.29, 1.82) is 0 Å². The molecule has 0 bridgehead atoms. The lowest BCUT2D eigenvalue weighted by Crippen LogP contribution is -2.53. The van der Waals surface area contributed by atoms with E-state index in [0.717, 1.165) is 4.31 Å². The third kappa shape index (κ3) is 2.23. The van der Waals surface area contributed by atoms with Gasteiger partial charge < -0.3 is 5.32 Å². The van der Waals surface area contributed by atoms with Crippen LogP contribution in [0, 0.1) is 0 Å². The minimum atomic E-state index is -3.89. The van der Waals surface area contributed by atoms with Gasteiger partial charge in [0.1, 0.15) is 0 Å². The third-order valence-electron chi connectivity index (χ3n) is 3.33. The van der Waals surface area contributed by atoms with Gasteiger partial charge in [-0.15, -0.1) is 11.3 Å². The van der Waals surface area contributed by atoms with Gasteiger partial charge in [0, 0.05) is 24.2 Å². The molecule has 1 aromatic carbocycles. The molecule has 1 aliphatic rings. The van der Waals surface area contributed by atoms with Gasteiger partial charge in [-0.05, 0) is 12.1 Å². The van der Waals surface area contributed by atoms with Gasteiger partial charge in [-0.3, -0.25) is 9.59 Å². The molecule has 2 heterocycles. The Labute approximate surface area is 130 Å². The highest BCUT2D eigenvalue weighted by Crippen LogP contribution is 2.29. The molecule has 0 fully saturated rings. The second-order valence-corrected chi connectivity index (χ2v) is 7.47. The van der Waals surface area contributed by atoms with E-state index in [1.54, 1.807) is 11.4 Å². The number of ketones is 1. The van der Waals surface area contributed by atoms with Crippen LogP contribution in [0.2, 0.25) is 0 Å². The summed E-state index contributed by atoms with van der Waals surface area (Å²) in [5.74, 6) is -1.28. The molecule has 1 aromatic heterocycles. The molecule has 0 spiro atoms. The number of likely N-dealkylation sites (N-methyl/N-ethyl adjacent to an activating group) is 1. The highest BCUT2D eigenvalue weighted by molar-refractivity contribution is 7.89. The van der Waals surface area contributed by atoms with E-state index in [-0.39, 0.29) is 10.5 Å². The van der Waals surface area contributed by atoms with Gasteiger partial charge in [-0.2, -0.15) is 4.31 Å². The number of carbonyl (C=O) groups excluding carboxylic acids is 2. The number of Topliss-reactive ketones (excluding diaryl/α,β-unsaturated/α-hetero) is 1. The number of fused-ring (bicyclic) bond motifs is 1. The predicted octanol–water partition coefficient (Wildman–Crippen LogP) is 0.967. The Balaban J connectivity index is 2.03. The Bertz CT molecular complexity index is 846. The molecule has 3 rings (SSSR count). The summed E-state index contributed by atoms with van der Waals surface area (Å²) < 4.78 is 25.7. The lowest BCUT2D eigenvalue weighted by Gasteiger charge is -2.30. The summed E-state index contributed by atoms with van der Waals surface area (Å²) in [5.41, 5.74) is 0.0277. The SMILES string of the molecule is CN1C(C(=O)Nc2nccs2)C(=O)c2ccccc2S1(=O)=O. The minimum absolute atomic E-state index is 0.0277. The number of rotatable bonds is 2. The van der Waals surface area contributed by atoms with E-state index in [1.807, 2.05) is 0 Å². The second-order valence-electron chi connectivity index (χ2n) is 4.61. The van der Waals surface area contributed by atoms with Gasteiger partial charge >= 0.3 is 0 Å². The van der Waals surface area contributed by atoms with Crippen LogP contribution in [-0.2, 0) is 14.8 Å². The lowest BCUT2D eigenvalue weighted by atomic mass is 10.0. The first kappa shape index (κ1) is 14.8. The number of amides is 1. The van der Waals surface area contributed by atoms with Crippen molar-refractivity contribution in [2.24, 2.45) is 0 Å². The minimum Gasteiger partial charge on any atom is -0.300 e. The zero-order valence-corrected chi connectivity index (χ0v) is 13.0. The van der Waals surface area contributed by atoms with Crippen molar-refractivity contribution in [2.75, 3.05) is 12.4 Å². The third-order valence-corrected chi connectivity index (χ3v) is 5.90. The molecule has 1 N–H and O–H groups in total. The topological polar surface area (TPSA) is 96.4 Å². The number of nitrogens with zero attached hydrogens (tertiary/aromatic N) is 2. The molecule has 1 amide bonds. The number of aromatic nitrogens is 1. The van der Waals surface area contributed by atoms with Crippen LogP contribution in [0.15, 0.2) is 40.7 Å². The summed E-state index contributed by atoms with van der Waals surface area (Å²) in [6.07, 6.45) is 1.50. The number of hydrogen-bond donors (Lipinski definition) is 1. The first-order valence-corrected chi connectivity index (χ1v) is 8.56. The van der Waals surface area contributed by atoms with Crippen LogP contribution in [0.4, 0.5) is 5.13 Å². The van der Waals surface area contributed by atoms with Crippen LogP contribution in [0.3, 0.4) is 0 Å². The highest BCUT2D eigenvalue weighted by Gasteiger charge is 2.45. The number of anilines is 1. The summed E-state index contributed by atoms with van der Waals surface area (Å²) in [4.78, 5) is 28.6. The molecule has 0 saturated carbocycles. The second kappa shape index (κ2) is 5.27. The molecule has 2 aromatic rings. The first-order chi connectivity index (χ1) is 10.4. The maximum Gasteiger partial charge on any atom is 0.252 e. The number of carbonyl (C=O) groups is 2. The molecule has 0 radical (unpaired) electrons. The maximum atomic E-state index is 12.5. The van der Waals surface area contributed by atoms with Crippen molar-refractivity contribution in [3.8, 4) is 0 Å². The largest absolute Gasteiger partial charge is 0.300 e. The van der Waals surface area contributed by atoms with Gasteiger partial charge in [0.25, 0.3) is 5.91 Å². The monoisotopic (exact) mass is 337 g/mol. The highest BCUT2D eigenvalue weighted by atomic mass is 32.2. The Hall–Kier alpha value is -2.10. The zero-order chi connectivity index (χ0) is 15.9. The van der Waals surface area contributed by atoms with E-state index in [2.05, 4.69) is 10.3 Å². The molecule has 9 heteroatoms.